The summed E-state index contributed by atoms with van der Waals surface area (Å²) >= 11 is 6.82. The largest absolute Gasteiger partial charge is 0.465 e. The van der Waals surface area contributed by atoms with Gasteiger partial charge in [-0.1, -0.05) is 19.4 Å². The number of carbonyl (C=O) groups is 1. The summed E-state index contributed by atoms with van der Waals surface area (Å²) in [5.74, 6) is -0.574. The molecule has 3 heterocycles. The van der Waals surface area contributed by atoms with Crippen molar-refractivity contribution in [3.05, 3.63) is 44.3 Å². The van der Waals surface area contributed by atoms with Gasteiger partial charge in [-0.15, -0.1) is 11.3 Å². The average Bonchev–Trinajstić information content (AvgIpc) is 3.14. The van der Waals surface area contributed by atoms with E-state index in [-0.39, 0.29) is 10.9 Å². The SMILES string of the molecule is CCCCn1c(=S)[nH]c(=O)c2c(C(=O)OC)cc(-c3cccs3)nc21. The molecule has 6 nitrogen and oxygen atoms in total. The number of aryl methyl sites for hydroxylation is 1. The molecule has 3 aromatic rings. The molecule has 8 heteroatoms. The number of hydrogen-bond acceptors (Lipinski definition) is 6. The van der Waals surface area contributed by atoms with Crippen molar-refractivity contribution in [1.29, 1.82) is 0 Å². The Bertz CT molecular complexity index is 1040. The highest BCUT2D eigenvalue weighted by molar-refractivity contribution is 7.71. The van der Waals surface area contributed by atoms with Crippen LogP contribution in [0.15, 0.2) is 28.4 Å². The highest BCUT2D eigenvalue weighted by atomic mass is 32.1. The maximum atomic E-state index is 12.5. The predicted molar refractivity (Wildman–Crippen MR) is 101 cm³/mol. The van der Waals surface area contributed by atoms with Crippen molar-refractivity contribution in [3.8, 4) is 10.6 Å². The van der Waals surface area contributed by atoms with Gasteiger partial charge in [-0.2, -0.15) is 0 Å². The van der Waals surface area contributed by atoms with Gasteiger partial charge in [0.05, 0.1) is 28.6 Å². The number of pyridine rings is 1. The smallest absolute Gasteiger partial charge is 0.338 e. The van der Waals surface area contributed by atoms with Gasteiger partial charge in [0, 0.05) is 6.54 Å². The van der Waals surface area contributed by atoms with Gasteiger partial charge < -0.3 is 9.30 Å². The number of methoxy groups -OCH3 is 1. The number of H-pyrrole nitrogens is 1. The minimum absolute atomic E-state index is 0.192. The van der Waals surface area contributed by atoms with Gasteiger partial charge in [0.2, 0.25) is 0 Å². The van der Waals surface area contributed by atoms with Crippen molar-refractivity contribution in [1.82, 2.24) is 14.5 Å². The summed E-state index contributed by atoms with van der Waals surface area (Å²) in [5.41, 5.74) is 0.789. The number of aromatic nitrogens is 3. The predicted octanol–water partition coefficient (Wildman–Crippen LogP) is 3.77. The second-order valence-corrected chi connectivity index (χ2v) is 6.82. The summed E-state index contributed by atoms with van der Waals surface area (Å²) in [6, 6.07) is 5.42. The summed E-state index contributed by atoms with van der Waals surface area (Å²) in [4.78, 5) is 33.0. The number of carbonyl (C=O) groups excluding carboxylic acids is 1. The fourth-order valence-electron chi connectivity index (χ4n) is 2.62. The molecular formula is C17H17N3O3S2. The fourth-order valence-corrected chi connectivity index (χ4v) is 3.58. The summed E-state index contributed by atoms with van der Waals surface area (Å²) in [5, 5.41) is 2.14. The van der Waals surface area contributed by atoms with Crippen molar-refractivity contribution in [2.24, 2.45) is 0 Å². The van der Waals surface area contributed by atoms with Crippen LogP contribution < -0.4 is 5.56 Å². The van der Waals surface area contributed by atoms with Crippen LogP contribution in [0.1, 0.15) is 30.1 Å². The standard InChI is InChI=1S/C17H17N3O3S2/c1-3-4-7-20-14-13(15(21)19-17(20)24)10(16(22)23-2)9-11(18-14)12-6-5-8-25-12/h5-6,8-9H,3-4,7H2,1-2H3,(H,19,21,24). The number of hydrogen-bond donors (Lipinski definition) is 1. The van der Waals surface area contributed by atoms with Crippen molar-refractivity contribution >= 4 is 40.6 Å². The van der Waals surface area contributed by atoms with Gasteiger partial charge in [-0.25, -0.2) is 9.78 Å². The van der Waals surface area contributed by atoms with Crippen molar-refractivity contribution in [2.75, 3.05) is 7.11 Å². The number of fused-ring (bicyclic) bond motifs is 1. The molecule has 0 unspecified atom stereocenters. The van der Waals surface area contributed by atoms with Crippen molar-refractivity contribution < 1.29 is 9.53 Å². The zero-order chi connectivity index (χ0) is 18.0. The van der Waals surface area contributed by atoms with Crippen LogP contribution in [0.2, 0.25) is 0 Å². The quantitative estimate of drug-likeness (QED) is 0.543. The fraction of sp³-hybridized carbons (Fsp3) is 0.294. The Labute approximate surface area is 153 Å². The highest BCUT2D eigenvalue weighted by Gasteiger charge is 2.20. The van der Waals surface area contributed by atoms with E-state index in [4.69, 9.17) is 17.0 Å². The first kappa shape index (κ1) is 17.5. The molecule has 0 aliphatic heterocycles. The number of nitrogens with zero attached hydrogens (tertiary/aromatic N) is 2. The van der Waals surface area contributed by atoms with E-state index in [2.05, 4.69) is 16.9 Å². The number of rotatable bonds is 5. The molecule has 0 saturated heterocycles. The van der Waals surface area contributed by atoms with Crippen molar-refractivity contribution in [2.45, 2.75) is 26.3 Å². The number of thiophene rings is 1. The van der Waals surface area contributed by atoms with Gasteiger partial charge >= 0.3 is 5.97 Å². The average molecular weight is 375 g/mol. The Morgan fingerprint density at radius 3 is 2.92 bits per heavy atom. The lowest BCUT2D eigenvalue weighted by Gasteiger charge is -2.13. The molecule has 0 radical (unpaired) electrons. The Morgan fingerprint density at radius 1 is 1.48 bits per heavy atom. The molecule has 130 valence electrons. The van der Waals surface area contributed by atoms with Gasteiger partial charge in [0.1, 0.15) is 5.65 Å². The lowest BCUT2D eigenvalue weighted by molar-refractivity contribution is 0.0603. The molecule has 0 bridgehead atoms. The summed E-state index contributed by atoms with van der Waals surface area (Å²) in [6.07, 6.45) is 1.85. The Morgan fingerprint density at radius 2 is 2.28 bits per heavy atom. The molecule has 0 spiro atoms. The maximum absolute atomic E-state index is 12.5. The molecule has 3 aromatic heterocycles. The number of aromatic amines is 1. The molecule has 0 amide bonds. The number of esters is 1. The van der Waals surface area contributed by atoms with E-state index >= 15 is 0 Å². The number of ether oxygens (including phenoxy) is 1. The van der Waals surface area contributed by atoms with Crippen LogP contribution in [0.25, 0.3) is 21.6 Å². The molecule has 0 aliphatic rings. The molecule has 0 aliphatic carbocycles. The third kappa shape index (κ3) is 3.27. The number of nitrogens with one attached hydrogen (secondary N) is 1. The van der Waals surface area contributed by atoms with Crippen LogP contribution in [-0.2, 0) is 11.3 Å². The Balaban J connectivity index is 2.41. The van der Waals surface area contributed by atoms with Crippen LogP contribution in [-0.4, -0.2) is 27.6 Å². The van der Waals surface area contributed by atoms with Crippen LogP contribution in [0, 0.1) is 4.77 Å². The zero-order valence-electron chi connectivity index (χ0n) is 13.9. The Hall–Kier alpha value is -2.32. The molecule has 1 N–H and O–H groups in total. The van der Waals surface area contributed by atoms with Gasteiger partial charge in [-0.3, -0.25) is 9.78 Å². The second kappa shape index (κ2) is 7.28. The summed E-state index contributed by atoms with van der Waals surface area (Å²) < 4.78 is 6.95. The van der Waals surface area contributed by atoms with E-state index in [0.717, 1.165) is 17.7 Å². The second-order valence-electron chi connectivity index (χ2n) is 5.49. The number of unbranched alkanes of at least 4 members (excludes halogenated alkanes) is 1. The van der Waals surface area contributed by atoms with E-state index in [0.29, 0.717) is 22.7 Å². The molecule has 0 atom stereocenters. The minimum Gasteiger partial charge on any atom is -0.465 e. The van der Waals surface area contributed by atoms with E-state index in [1.54, 1.807) is 10.6 Å². The molecule has 0 aromatic carbocycles. The summed E-state index contributed by atoms with van der Waals surface area (Å²) in [6.45, 7) is 2.69. The molecular weight excluding hydrogens is 358 g/mol. The first-order chi connectivity index (χ1) is 12.1. The van der Waals surface area contributed by atoms with E-state index in [1.165, 1.54) is 18.4 Å². The lowest BCUT2D eigenvalue weighted by atomic mass is 10.1. The van der Waals surface area contributed by atoms with Crippen molar-refractivity contribution in [3.63, 3.8) is 0 Å². The zero-order valence-corrected chi connectivity index (χ0v) is 15.5. The molecule has 0 fully saturated rings. The van der Waals surface area contributed by atoms with Gasteiger partial charge in [0.25, 0.3) is 5.56 Å². The molecule has 3 rings (SSSR count). The Kier molecular flexibility index (Phi) is 5.10. The van der Waals surface area contributed by atoms with E-state index in [9.17, 15) is 9.59 Å². The van der Waals surface area contributed by atoms with Crippen LogP contribution in [0.4, 0.5) is 0 Å². The van der Waals surface area contributed by atoms with E-state index in [1.807, 2.05) is 17.5 Å². The first-order valence-corrected chi connectivity index (χ1v) is 9.15. The van der Waals surface area contributed by atoms with Crippen LogP contribution >= 0.6 is 23.6 Å². The third-order valence-electron chi connectivity index (χ3n) is 3.86. The molecule has 25 heavy (non-hydrogen) atoms. The minimum atomic E-state index is -0.574. The first-order valence-electron chi connectivity index (χ1n) is 7.87. The van der Waals surface area contributed by atoms with Crippen LogP contribution in [0.5, 0.6) is 0 Å². The van der Waals surface area contributed by atoms with Crippen LogP contribution in [0.3, 0.4) is 0 Å². The van der Waals surface area contributed by atoms with E-state index < -0.39 is 11.5 Å². The normalized spacial score (nSPS) is 11.0. The highest BCUT2D eigenvalue weighted by Crippen LogP contribution is 2.27. The van der Waals surface area contributed by atoms with Gasteiger partial charge in [0.15, 0.2) is 4.77 Å². The summed E-state index contributed by atoms with van der Waals surface area (Å²) in [7, 11) is 1.29. The maximum Gasteiger partial charge on any atom is 0.338 e. The lowest BCUT2D eigenvalue weighted by Crippen LogP contribution is -2.19. The molecule has 0 saturated carbocycles. The van der Waals surface area contributed by atoms with Gasteiger partial charge in [-0.05, 0) is 36.2 Å². The topological polar surface area (TPSA) is 77.0 Å². The third-order valence-corrected chi connectivity index (χ3v) is 5.08. The monoisotopic (exact) mass is 375 g/mol.